The maximum atomic E-state index is 13.6. The molecule has 0 bridgehead atoms. The molecule has 0 aliphatic heterocycles. The first-order valence-electron chi connectivity index (χ1n) is 4.83. The zero-order valence-corrected chi connectivity index (χ0v) is 11.5. The van der Waals surface area contributed by atoms with Crippen molar-refractivity contribution in [2.75, 3.05) is 4.72 Å². The van der Waals surface area contributed by atoms with E-state index < -0.39 is 26.6 Å². The van der Waals surface area contributed by atoms with Crippen molar-refractivity contribution in [1.29, 1.82) is 0 Å². The lowest BCUT2D eigenvalue weighted by molar-refractivity contribution is 0.548. The van der Waals surface area contributed by atoms with Crippen molar-refractivity contribution in [3.05, 3.63) is 46.8 Å². The molecule has 0 fully saturated rings. The average Bonchev–Trinajstić information content (AvgIpc) is 2.27. The third kappa shape index (κ3) is 3.04. The maximum absolute atomic E-state index is 13.6. The number of nitrogens with one attached hydrogen (secondary N) is 1. The van der Waals surface area contributed by atoms with Crippen molar-refractivity contribution in [2.24, 2.45) is 0 Å². The molecule has 1 aromatic heterocycles. The van der Waals surface area contributed by atoms with Gasteiger partial charge < -0.3 is 0 Å². The first-order valence-corrected chi connectivity index (χ1v) is 7.11. The van der Waals surface area contributed by atoms with Crippen LogP contribution in [0.5, 0.6) is 0 Å². The highest BCUT2D eigenvalue weighted by molar-refractivity contribution is 9.10. The van der Waals surface area contributed by atoms with Gasteiger partial charge in [-0.25, -0.2) is 22.2 Å². The van der Waals surface area contributed by atoms with Crippen LogP contribution in [0.25, 0.3) is 0 Å². The molecule has 0 aliphatic rings. The molecule has 19 heavy (non-hydrogen) atoms. The van der Waals surface area contributed by atoms with Gasteiger partial charge in [0.2, 0.25) is 0 Å². The van der Waals surface area contributed by atoms with Gasteiger partial charge >= 0.3 is 0 Å². The molecule has 100 valence electrons. The van der Waals surface area contributed by atoms with E-state index in [0.717, 1.165) is 12.3 Å². The minimum Gasteiger partial charge on any atom is -0.262 e. The quantitative estimate of drug-likeness (QED) is 0.922. The van der Waals surface area contributed by atoms with Crippen LogP contribution in [0.1, 0.15) is 0 Å². The Hall–Kier alpha value is -1.61. The molecule has 2 aromatic rings. The Bertz CT molecular complexity index is 687. The molecule has 0 amide bonds. The van der Waals surface area contributed by atoms with Crippen molar-refractivity contribution in [3.63, 3.8) is 0 Å². The Morgan fingerprint density at radius 2 is 1.95 bits per heavy atom. The SMILES string of the molecule is O=S(=O)(Nc1cnccn1)c1c(F)cc(F)cc1Br. The molecule has 2 rings (SSSR count). The monoisotopic (exact) mass is 349 g/mol. The number of sulfonamides is 1. The summed E-state index contributed by atoms with van der Waals surface area (Å²) in [7, 11) is -4.23. The predicted molar refractivity (Wildman–Crippen MR) is 66.9 cm³/mol. The van der Waals surface area contributed by atoms with Crippen molar-refractivity contribution < 1.29 is 17.2 Å². The minimum absolute atomic E-state index is 0.0712. The summed E-state index contributed by atoms with van der Waals surface area (Å²) < 4.78 is 52.3. The fourth-order valence-electron chi connectivity index (χ4n) is 1.33. The van der Waals surface area contributed by atoms with Crippen molar-refractivity contribution in [3.8, 4) is 0 Å². The third-order valence-electron chi connectivity index (χ3n) is 2.03. The standard InChI is InChI=1S/C10H6BrF2N3O2S/c11-7-3-6(12)4-8(13)10(7)19(17,18)16-9-5-14-1-2-15-9/h1-5H,(H,15,16). The number of hydrogen-bond acceptors (Lipinski definition) is 4. The van der Waals surface area contributed by atoms with E-state index in [2.05, 4.69) is 25.9 Å². The van der Waals surface area contributed by atoms with Gasteiger partial charge in [0.25, 0.3) is 10.0 Å². The highest BCUT2D eigenvalue weighted by Crippen LogP contribution is 2.27. The zero-order chi connectivity index (χ0) is 14.0. The summed E-state index contributed by atoms with van der Waals surface area (Å²) in [5, 5.41) is 0. The van der Waals surface area contributed by atoms with E-state index >= 15 is 0 Å². The molecule has 1 aromatic carbocycles. The van der Waals surface area contributed by atoms with E-state index in [0.29, 0.717) is 6.07 Å². The van der Waals surface area contributed by atoms with Crippen LogP contribution >= 0.6 is 15.9 Å². The topological polar surface area (TPSA) is 72.0 Å². The summed E-state index contributed by atoms with van der Waals surface area (Å²) in [6.45, 7) is 0. The molecule has 0 aliphatic carbocycles. The molecule has 0 atom stereocenters. The number of halogens is 3. The Kier molecular flexibility index (Phi) is 3.76. The molecule has 5 nitrogen and oxygen atoms in total. The van der Waals surface area contributed by atoms with E-state index in [1.807, 2.05) is 4.72 Å². The van der Waals surface area contributed by atoms with E-state index in [4.69, 9.17) is 0 Å². The van der Waals surface area contributed by atoms with Crippen LogP contribution in [0, 0.1) is 11.6 Å². The number of anilines is 1. The lowest BCUT2D eigenvalue weighted by atomic mass is 10.3. The molecular weight excluding hydrogens is 344 g/mol. The summed E-state index contributed by atoms with van der Waals surface area (Å²) in [4.78, 5) is 6.67. The minimum atomic E-state index is -4.23. The van der Waals surface area contributed by atoms with Crippen molar-refractivity contribution in [1.82, 2.24) is 9.97 Å². The van der Waals surface area contributed by atoms with Gasteiger partial charge in [0.05, 0.1) is 6.20 Å². The fourth-order valence-corrected chi connectivity index (χ4v) is 3.49. The molecule has 0 radical (unpaired) electrons. The van der Waals surface area contributed by atoms with Gasteiger partial charge in [0, 0.05) is 22.9 Å². The lowest BCUT2D eigenvalue weighted by Crippen LogP contribution is -2.16. The molecule has 0 saturated heterocycles. The van der Waals surface area contributed by atoms with Crippen LogP contribution in [0.4, 0.5) is 14.6 Å². The van der Waals surface area contributed by atoms with Crippen LogP contribution in [0.15, 0.2) is 40.1 Å². The first kappa shape index (κ1) is 13.8. The second-order valence-electron chi connectivity index (χ2n) is 3.39. The highest BCUT2D eigenvalue weighted by Gasteiger charge is 2.24. The van der Waals surface area contributed by atoms with E-state index in [9.17, 15) is 17.2 Å². The zero-order valence-electron chi connectivity index (χ0n) is 9.14. The van der Waals surface area contributed by atoms with E-state index in [1.54, 1.807) is 0 Å². The maximum Gasteiger partial charge on any atom is 0.267 e. The molecule has 0 saturated carbocycles. The number of aromatic nitrogens is 2. The Morgan fingerprint density at radius 1 is 1.21 bits per heavy atom. The Labute approximate surface area is 115 Å². The predicted octanol–water partition coefficient (Wildman–Crippen LogP) is 2.32. The Balaban J connectivity index is 2.46. The van der Waals surface area contributed by atoms with Gasteiger partial charge in [-0.2, -0.15) is 0 Å². The first-order chi connectivity index (χ1) is 8.90. The number of rotatable bonds is 3. The van der Waals surface area contributed by atoms with Gasteiger partial charge in [-0.3, -0.25) is 9.71 Å². The lowest BCUT2D eigenvalue weighted by Gasteiger charge is -2.09. The number of benzene rings is 1. The largest absolute Gasteiger partial charge is 0.267 e. The summed E-state index contributed by atoms with van der Waals surface area (Å²) in [6, 6.07) is 1.34. The summed E-state index contributed by atoms with van der Waals surface area (Å²) in [5.74, 6) is -2.16. The fraction of sp³-hybridized carbons (Fsp3) is 0. The van der Waals surface area contributed by atoms with Crippen LogP contribution < -0.4 is 4.72 Å². The highest BCUT2D eigenvalue weighted by atomic mass is 79.9. The van der Waals surface area contributed by atoms with Crippen LogP contribution in [-0.2, 0) is 10.0 Å². The normalized spacial score (nSPS) is 11.3. The Morgan fingerprint density at radius 3 is 2.53 bits per heavy atom. The summed E-state index contributed by atoms with van der Waals surface area (Å²) in [5.41, 5.74) is 0. The molecule has 0 unspecified atom stereocenters. The second kappa shape index (κ2) is 5.17. The van der Waals surface area contributed by atoms with Crippen LogP contribution in [-0.4, -0.2) is 18.4 Å². The van der Waals surface area contributed by atoms with E-state index in [1.165, 1.54) is 12.4 Å². The van der Waals surface area contributed by atoms with Crippen LogP contribution in [0.2, 0.25) is 0 Å². The van der Waals surface area contributed by atoms with Gasteiger partial charge in [0.15, 0.2) is 5.82 Å². The number of hydrogen-bond donors (Lipinski definition) is 1. The summed E-state index contributed by atoms with van der Waals surface area (Å²) >= 11 is 2.81. The van der Waals surface area contributed by atoms with Gasteiger partial charge in [-0.05, 0) is 22.0 Å². The molecule has 1 heterocycles. The van der Waals surface area contributed by atoms with Crippen molar-refractivity contribution in [2.45, 2.75) is 4.90 Å². The third-order valence-corrected chi connectivity index (χ3v) is 4.35. The van der Waals surface area contributed by atoms with Crippen molar-refractivity contribution >= 4 is 31.8 Å². The molecule has 9 heteroatoms. The average molecular weight is 350 g/mol. The summed E-state index contributed by atoms with van der Waals surface area (Å²) in [6.07, 6.45) is 3.78. The van der Waals surface area contributed by atoms with Crippen LogP contribution in [0.3, 0.4) is 0 Å². The smallest absolute Gasteiger partial charge is 0.262 e. The second-order valence-corrected chi connectivity index (χ2v) is 5.87. The number of nitrogens with zero attached hydrogens (tertiary/aromatic N) is 2. The van der Waals surface area contributed by atoms with Gasteiger partial charge in [-0.1, -0.05) is 0 Å². The molecule has 1 N–H and O–H groups in total. The van der Waals surface area contributed by atoms with Gasteiger partial charge in [0.1, 0.15) is 16.5 Å². The van der Waals surface area contributed by atoms with Gasteiger partial charge in [-0.15, -0.1) is 0 Å². The molecule has 0 spiro atoms. The van der Waals surface area contributed by atoms with E-state index in [-0.39, 0.29) is 10.3 Å². The molecular formula is C10H6BrF2N3O2S.